The van der Waals surface area contributed by atoms with Crippen molar-refractivity contribution >= 4 is 74.1 Å². The Hall–Kier alpha value is -4.21. The van der Waals surface area contributed by atoms with E-state index >= 15 is 0 Å². The van der Waals surface area contributed by atoms with Crippen LogP contribution in [0.4, 0.5) is 24.5 Å². The molecule has 1 N–H and O–H groups in total. The fourth-order valence-corrected chi connectivity index (χ4v) is 8.84. The second-order valence-electron chi connectivity index (χ2n) is 10.6. The van der Waals surface area contributed by atoms with Gasteiger partial charge in [-0.2, -0.15) is 13.2 Å². The van der Waals surface area contributed by atoms with Crippen LogP contribution in [-0.2, 0) is 31.8 Å². The van der Waals surface area contributed by atoms with Crippen LogP contribution in [0.2, 0.25) is 0 Å². The molecule has 2 aliphatic rings. The number of nitrogens with zero attached hydrogens (tertiary/aromatic N) is 2. The van der Waals surface area contributed by atoms with Gasteiger partial charge in [-0.05, 0) is 67.1 Å². The Kier molecular flexibility index (Phi) is 8.89. The highest BCUT2D eigenvalue weighted by atomic mass is 79.9. The summed E-state index contributed by atoms with van der Waals surface area (Å²) in [4.78, 5) is 67.6. The van der Waals surface area contributed by atoms with Gasteiger partial charge in [-0.3, -0.25) is 23.7 Å². The van der Waals surface area contributed by atoms with Gasteiger partial charge < -0.3 is 10.1 Å². The molecule has 4 aromatic rings. The monoisotopic (exact) mass is 745 g/mol. The number of hydrogen-bond acceptors (Lipinski definition) is 8. The van der Waals surface area contributed by atoms with E-state index in [1.54, 1.807) is 31.2 Å². The summed E-state index contributed by atoms with van der Waals surface area (Å²) in [5.74, 6) is -3.92. The van der Waals surface area contributed by atoms with Crippen molar-refractivity contribution in [2.24, 2.45) is 5.92 Å². The highest BCUT2D eigenvalue weighted by Gasteiger charge is 2.57. The summed E-state index contributed by atoms with van der Waals surface area (Å²) in [5, 5.41) is 1.78. The SMILES string of the molecule is CCOC(=O)c1ccc(N2C(=O)C3Sc4c(sc(=O)n4CC(=O)Nc4cccc(C(F)(F)F)c4)C(c4cccc(Br)c4)C3C2=O)cc1. The fourth-order valence-electron chi connectivity index (χ4n) is 5.65. The van der Waals surface area contributed by atoms with E-state index in [-0.39, 0.29) is 23.5 Å². The van der Waals surface area contributed by atoms with Crippen molar-refractivity contribution in [3.8, 4) is 0 Å². The van der Waals surface area contributed by atoms with Gasteiger partial charge in [0.2, 0.25) is 17.7 Å². The molecule has 2 aliphatic heterocycles. The lowest BCUT2D eigenvalue weighted by molar-refractivity contribution is -0.137. The summed E-state index contributed by atoms with van der Waals surface area (Å²) in [5.41, 5.74) is 0.144. The molecule has 242 valence electrons. The molecule has 47 heavy (non-hydrogen) atoms. The van der Waals surface area contributed by atoms with E-state index in [2.05, 4.69) is 21.2 Å². The maximum atomic E-state index is 14.1. The lowest BCUT2D eigenvalue weighted by atomic mass is 9.83. The third-order valence-corrected chi connectivity index (χ3v) is 10.8. The molecule has 1 aromatic heterocycles. The molecule has 0 saturated carbocycles. The van der Waals surface area contributed by atoms with Crippen LogP contribution in [0.1, 0.15) is 39.2 Å². The van der Waals surface area contributed by atoms with Crippen LogP contribution >= 0.6 is 39.0 Å². The molecular weight excluding hydrogens is 723 g/mol. The fraction of sp³-hybridized carbons (Fsp3) is 0.219. The number of hydrogen-bond donors (Lipinski definition) is 1. The number of benzene rings is 3. The summed E-state index contributed by atoms with van der Waals surface area (Å²) < 4.78 is 46.5. The lowest BCUT2D eigenvalue weighted by Crippen LogP contribution is -2.33. The number of fused-ring (bicyclic) bond motifs is 2. The quantitative estimate of drug-likeness (QED) is 0.174. The van der Waals surface area contributed by atoms with Gasteiger partial charge in [0, 0.05) is 21.0 Å². The van der Waals surface area contributed by atoms with E-state index in [0.29, 0.717) is 19.9 Å². The second kappa shape index (κ2) is 12.8. The minimum atomic E-state index is -4.61. The molecule has 0 spiro atoms. The number of thioether (sulfide) groups is 1. The highest BCUT2D eigenvalue weighted by Crippen LogP contribution is 2.54. The number of carbonyl (C=O) groups is 4. The van der Waals surface area contributed by atoms with E-state index in [1.807, 2.05) is 0 Å². The molecule has 1 fully saturated rings. The van der Waals surface area contributed by atoms with E-state index < -0.39 is 63.9 Å². The third-order valence-electron chi connectivity index (χ3n) is 7.67. The molecule has 9 nitrogen and oxygen atoms in total. The van der Waals surface area contributed by atoms with Gasteiger partial charge in [0.1, 0.15) is 11.8 Å². The van der Waals surface area contributed by atoms with Crippen molar-refractivity contribution in [2.75, 3.05) is 16.8 Å². The second-order valence-corrected chi connectivity index (χ2v) is 13.7. The number of aromatic nitrogens is 1. The number of anilines is 2. The number of rotatable bonds is 7. The Morgan fingerprint density at radius 2 is 1.70 bits per heavy atom. The van der Waals surface area contributed by atoms with Gasteiger partial charge in [-0.1, -0.05) is 57.2 Å². The average molecular weight is 747 g/mol. The minimum Gasteiger partial charge on any atom is -0.462 e. The largest absolute Gasteiger partial charge is 0.462 e. The maximum Gasteiger partial charge on any atom is 0.416 e. The number of ether oxygens (including phenoxy) is 1. The summed E-state index contributed by atoms with van der Waals surface area (Å²) >= 11 is 5.31. The Balaban J connectivity index is 1.35. The summed E-state index contributed by atoms with van der Waals surface area (Å²) in [6.45, 7) is 1.33. The molecule has 1 saturated heterocycles. The molecule has 3 amide bonds. The van der Waals surface area contributed by atoms with Gasteiger partial charge in [-0.25, -0.2) is 9.69 Å². The van der Waals surface area contributed by atoms with Crippen molar-refractivity contribution in [3.63, 3.8) is 0 Å². The van der Waals surface area contributed by atoms with Crippen LogP contribution in [0.5, 0.6) is 0 Å². The van der Waals surface area contributed by atoms with Crippen molar-refractivity contribution in [1.82, 2.24) is 4.57 Å². The summed E-state index contributed by atoms with van der Waals surface area (Å²) in [6.07, 6.45) is -4.61. The number of esters is 1. The summed E-state index contributed by atoms with van der Waals surface area (Å²) in [6, 6.07) is 17.2. The predicted octanol–water partition coefficient (Wildman–Crippen LogP) is 6.30. The highest BCUT2D eigenvalue weighted by molar-refractivity contribution is 9.10. The smallest absolute Gasteiger partial charge is 0.416 e. The topological polar surface area (TPSA) is 115 Å². The van der Waals surface area contributed by atoms with Gasteiger partial charge >= 0.3 is 17.0 Å². The Bertz CT molecular complexity index is 1980. The number of imide groups is 1. The van der Waals surface area contributed by atoms with Crippen molar-refractivity contribution < 1.29 is 37.1 Å². The van der Waals surface area contributed by atoms with E-state index in [1.165, 1.54) is 34.9 Å². The number of amides is 3. The van der Waals surface area contributed by atoms with Crippen molar-refractivity contribution in [3.05, 3.63) is 109 Å². The molecule has 15 heteroatoms. The molecule has 3 aromatic carbocycles. The van der Waals surface area contributed by atoms with Crippen LogP contribution in [0.15, 0.2) is 87.1 Å². The molecule has 0 bridgehead atoms. The molecule has 0 aliphatic carbocycles. The predicted molar refractivity (Wildman–Crippen MR) is 173 cm³/mol. The van der Waals surface area contributed by atoms with Crippen molar-refractivity contribution in [1.29, 1.82) is 0 Å². The standard InChI is InChI=1S/C32H23BrF3N3O6S2/c1-2-45-30(43)16-9-11-21(12-10-16)39-27(41)24-23(17-5-3-7-19(33)13-17)26-29(46-25(24)28(39)42)38(31(44)47-26)15-22(40)37-20-8-4-6-18(14-20)32(34,35)36/h3-14,23-25H,2,15H2,1H3,(H,37,40). The summed E-state index contributed by atoms with van der Waals surface area (Å²) in [7, 11) is 0. The van der Waals surface area contributed by atoms with Crippen LogP contribution < -0.4 is 15.1 Å². The first-order valence-electron chi connectivity index (χ1n) is 14.1. The minimum absolute atomic E-state index is 0.0946. The Morgan fingerprint density at radius 3 is 2.38 bits per heavy atom. The zero-order valence-corrected chi connectivity index (χ0v) is 27.5. The maximum absolute atomic E-state index is 14.1. The average Bonchev–Trinajstić information content (AvgIpc) is 3.47. The first-order valence-corrected chi connectivity index (χ1v) is 16.6. The zero-order valence-electron chi connectivity index (χ0n) is 24.2. The van der Waals surface area contributed by atoms with Gasteiger partial charge in [0.15, 0.2) is 0 Å². The van der Waals surface area contributed by atoms with Crippen LogP contribution in [-0.4, -0.2) is 40.1 Å². The first-order chi connectivity index (χ1) is 22.4. The molecule has 6 rings (SSSR count). The van der Waals surface area contributed by atoms with E-state index in [0.717, 1.165) is 46.2 Å². The first kappa shape index (κ1) is 32.7. The van der Waals surface area contributed by atoms with Crippen LogP contribution in [0.25, 0.3) is 0 Å². The Labute approximate surface area is 281 Å². The molecule has 3 atom stereocenters. The van der Waals surface area contributed by atoms with Gasteiger partial charge in [0.05, 0.1) is 34.4 Å². The van der Waals surface area contributed by atoms with Crippen LogP contribution in [0.3, 0.4) is 0 Å². The number of alkyl halides is 3. The normalized spacial score (nSPS) is 18.9. The van der Waals surface area contributed by atoms with Crippen molar-refractivity contribution in [2.45, 2.75) is 35.8 Å². The van der Waals surface area contributed by atoms with Gasteiger partial charge in [0.25, 0.3) is 0 Å². The molecular formula is C32H23BrF3N3O6S2. The number of nitrogens with one attached hydrogen (secondary N) is 1. The van der Waals surface area contributed by atoms with E-state index in [9.17, 15) is 37.1 Å². The third kappa shape index (κ3) is 6.26. The number of thiazole rings is 1. The zero-order chi connectivity index (χ0) is 33.6. The molecule has 3 unspecified atom stereocenters. The number of halogens is 4. The van der Waals surface area contributed by atoms with Crippen LogP contribution in [0, 0.1) is 5.92 Å². The van der Waals surface area contributed by atoms with E-state index in [4.69, 9.17) is 4.74 Å². The molecule has 0 radical (unpaired) electrons. The lowest BCUT2D eigenvalue weighted by Gasteiger charge is -2.30. The van der Waals surface area contributed by atoms with Gasteiger partial charge in [-0.15, -0.1) is 0 Å². The Morgan fingerprint density at radius 1 is 0.979 bits per heavy atom. The number of carbonyl (C=O) groups excluding carboxylic acids is 4. The molecule has 3 heterocycles.